The SMILES string of the molecule is Cc1ccc(N2c3ccc(C)cc3B3c4cc(C)ccc4N(c4cccc(-c5cccc6oc7ccccc7c56)c4)c4cccc2c43)cc1. The van der Waals surface area contributed by atoms with E-state index in [2.05, 4.69) is 170 Å². The van der Waals surface area contributed by atoms with Crippen LogP contribution in [0.1, 0.15) is 16.7 Å². The molecule has 0 unspecified atom stereocenters. The maximum absolute atomic E-state index is 6.28. The number of anilines is 6. The van der Waals surface area contributed by atoms with Gasteiger partial charge in [-0.25, -0.2) is 0 Å². The van der Waals surface area contributed by atoms with Crippen LogP contribution in [-0.2, 0) is 0 Å². The van der Waals surface area contributed by atoms with Crippen molar-refractivity contribution in [3.05, 3.63) is 162 Å². The minimum atomic E-state index is 0.114. The summed E-state index contributed by atoms with van der Waals surface area (Å²) in [6, 6.07) is 53.4. The summed E-state index contributed by atoms with van der Waals surface area (Å²) in [4.78, 5) is 4.94. The van der Waals surface area contributed by atoms with Crippen LogP contribution in [0.25, 0.3) is 33.1 Å². The fourth-order valence-electron chi connectivity index (χ4n) is 8.26. The van der Waals surface area contributed by atoms with Crippen LogP contribution in [0.4, 0.5) is 34.1 Å². The average molecular weight is 629 g/mol. The van der Waals surface area contributed by atoms with Crippen molar-refractivity contribution in [2.75, 3.05) is 9.80 Å². The zero-order chi connectivity index (χ0) is 32.8. The Hall–Kier alpha value is -6.00. The molecule has 3 heterocycles. The number of fused-ring (bicyclic) bond motifs is 7. The molecule has 8 aromatic rings. The highest BCUT2D eigenvalue weighted by Crippen LogP contribution is 2.45. The highest BCUT2D eigenvalue weighted by Gasteiger charge is 2.43. The maximum atomic E-state index is 6.28. The monoisotopic (exact) mass is 628 g/mol. The number of hydrogen-bond donors (Lipinski definition) is 0. The largest absolute Gasteiger partial charge is 0.456 e. The lowest BCUT2D eigenvalue weighted by Gasteiger charge is -2.44. The summed E-state index contributed by atoms with van der Waals surface area (Å²) >= 11 is 0. The van der Waals surface area contributed by atoms with Gasteiger partial charge in [0.15, 0.2) is 0 Å². The minimum Gasteiger partial charge on any atom is -0.456 e. The highest BCUT2D eigenvalue weighted by molar-refractivity contribution is 7.00. The number of para-hydroxylation sites is 1. The Balaban J connectivity index is 1.22. The van der Waals surface area contributed by atoms with Crippen molar-refractivity contribution in [1.29, 1.82) is 0 Å². The van der Waals surface area contributed by atoms with Gasteiger partial charge in [-0.2, -0.15) is 0 Å². The second kappa shape index (κ2) is 10.5. The third kappa shape index (κ3) is 4.17. The Morgan fingerprint density at radius 1 is 0.469 bits per heavy atom. The van der Waals surface area contributed by atoms with E-state index < -0.39 is 0 Å². The van der Waals surface area contributed by atoms with Gasteiger partial charge in [-0.15, -0.1) is 0 Å². The molecular weight excluding hydrogens is 595 g/mol. The van der Waals surface area contributed by atoms with Crippen LogP contribution in [0.5, 0.6) is 0 Å². The fraction of sp³-hybridized carbons (Fsp3) is 0.0667. The molecule has 3 nitrogen and oxygen atoms in total. The van der Waals surface area contributed by atoms with Crippen molar-refractivity contribution in [3.8, 4) is 11.1 Å². The predicted molar refractivity (Wildman–Crippen MR) is 207 cm³/mol. The number of nitrogens with zero attached hydrogens (tertiary/aromatic N) is 2. The number of benzene rings is 7. The lowest BCUT2D eigenvalue weighted by molar-refractivity contribution is 0.669. The topological polar surface area (TPSA) is 19.6 Å². The molecular formula is C45H33BN2O. The van der Waals surface area contributed by atoms with E-state index in [0.717, 1.165) is 33.2 Å². The predicted octanol–water partition coefficient (Wildman–Crippen LogP) is 10.3. The maximum Gasteiger partial charge on any atom is 0.252 e. The van der Waals surface area contributed by atoms with Gasteiger partial charge in [0.25, 0.3) is 6.71 Å². The van der Waals surface area contributed by atoms with Crippen molar-refractivity contribution in [2.24, 2.45) is 0 Å². The molecule has 232 valence electrons. The Morgan fingerprint density at radius 3 is 1.82 bits per heavy atom. The van der Waals surface area contributed by atoms with Gasteiger partial charge < -0.3 is 14.2 Å². The second-order valence-corrected chi connectivity index (χ2v) is 13.6. The van der Waals surface area contributed by atoms with E-state index in [9.17, 15) is 0 Å². The van der Waals surface area contributed by atoms with E-state index in [1.807, 2.05) is 6.07 Å². The van der Waals surface area contributed by atoms with E-state index >= 15 is 0 Å². The summed E-state index contributed by atoms with van der Waals surface area (Å²) in [6.45, 7) is 6.68. The summed E-state index contributed by atoms with van der Waals surface area (Å²) in [5.74, 6) is 0. The molecule has 0 bridgehead atoms. The molecule has 1 aromatic heterocycles. The second-order valence-electron chi connectivity index (χ2n) is 13.6. The highest BCUT2D eigenvalue weighted by atomic mass is 16.3. The summed E-state index contributed by atoms with van der Waals surface area (Å²) in [5, 5.41) is 2.30. The third-order valence-electron chi connectivity index (χ3n) is 10.4. The molecule has 2 aliphatic heterocycles. The number of aryl methyl sites for hydroxylation is 3. The normalized spacial score (nSPS) is 13.1. The Morgan fingerprint density at radius 2 is 1.08 bits per heavy atom. The van der Waals surface area contributed by atoms with Crippen molar-refractivity contribution >= 4 is 79.2 Å². The van der Waals surface area contributed by atoms with E-state index in [4.69, 9.17) is 4.42 Å². The van der Waals surface area contributed by atoms with Gasteiger partial charge in [0, 0.05) is 44.9 Å². The minimum absolute atomic E-state index is 0.114. The van der Waals surface area contributed by atoms with E-state index in [-0.39, 0.29) is 6.71 Å². The quantitative estimate of drug-likeness (QED) is 0.182. The lowest BCUT2D eigenvalue weighted by Crippen LogP contribution is -2.61. The molecule has 2 aliphatic rings. The summed E-state index contributed by atoms with van der Waals surface area (Å²) in [5.41, 5.74) is 19.2. The average Bonchev–Trinajstić information content (AvgIpc) is 3.51. The van der Waals surface area contributed by atoms with Crippen molar-refractivity contribution < 1.29 is 4.42 Å². The molecule has 0 saturated carbocycles. The zero-order valence-electron chi connectivity index (χ0n) is 27.7. The Labute approximate surface area is 286 Å². The zero-order valence-corrected chi connectivity index (χ0v) is 27.7. The molecule has 0 radical (unpaired) electrons. The molecule has 0 atom stereocenters. The first kappa shape index (κ1) is 28.1. The standard InChI is InChI=1S/C45H33BN2O/c1-28-17-21-32(22-18-28)47-38-23-19-29(2)25-36(38)46-37-26-30(3)20-24-39(37)48(41-14-8-13-40(47)45(41)46)33-10-6-9-31(27-33)34-12-7-16-43-44(34)35-11-4-5-15-42(35)49-43/h4-27H,1-3H3. The van der Waals surface area contributed by atoms with Crippen LogP contribution in [-0.4, -0.2) is 6.71 Å². The molecule has 4 heteroatoms. The fourth-order valence-corrected chi connectivity index (χ4v) is 8.26. The van der Waals surface area contributed by atoms with Gasteiger partial charge in [0.1, 0.15) is 11.2 Å². The lowest BCUT2D eigenvalue weighted by atomic mass is 9.33. The van der Waals surface area contributed by atoms with Crippen molar-refractivity contribution in [3.63, 3.8) is 0 Å². The van der Waals surface area contributed by atoms with E-state index in [1.165, 1.54) is 67.1 Å². The smallest absolute Gasteiger partial charge is 0.252 e. The summed E-state index contributed by atoms with van der Waals surface area (Å²) in [7, 11) is 0. The molecule has 0 aliphatic carbocycles. The molecule has 49 heavy (non-hydrogen) atoms. The van der Waals surface area contributed by atoms with E-state index in [1.54, 1.807) is 0 Å². The molecule has 0 N–H and O–H groups in total. The van der Waals surface area contributed by atoms with Crippen LogP contribution < -0.4 is 26.2 Å². The van der Waals surface area contributed by atoms with Gasteiger partial charge >= 0.3 is 0 Å². The van der Waals surface area contributed by atoms with Crippen LogP contribution in [0.3, 0.4) is 0 Å². The van der Waals surface area contributed by atoms with Gasteiger partial charge in [-0.3, -0.25) is 0 Å². The number of furan rings is 1. The molecule has 7 aromatic carbocycles. The van der Waals surface area contributed by atoms with Crippen LogP contribution in [0.15, 0.2) is 150 Å². The van der Waals surface area contributed by atoms with Gasteiger partial charge in [-0.1, -0.05) is 102 Å². The number of rotatable bonds is 3. The van der Waals surface area contributed by atoms with Gasteiger partial charge in [-0.05, 0) is 109 Å². The Bertz CT molecular complexity index is 2620. The first-order valence-electron chi connectivity index (χ1n) is 17.1. The first-order chi connectivity index (χ1) is 24.0. The Kier molecular flexibility index (Phi) is 6.01. The molecule has 0 saturated heterocycles. The summed E-state index contributed by atoms with van der Waals surface area (Å²) in [6.07, 6.45) is 0. The third-order valence-corrected chi connectivity index (χ3v) is 10.4. The van der Waals surface area contributed by atoms with Gasteiger partial charge in [0.2, 0.25) is 0 Å². The first-order valence-corrected chi connectivity index (χ1v) is 17.1. The summed E-state index contributed by atoms with van der Waals surface area (Å²) < 4.78 is 6.28. The molecule has 0 amide bonds. The van der Waals surface area contributed by atoms with Crippen molar-refractivity contribution in [1.82, 2.24) is 0 Å². The van der Waals surface area contributed by atoms with Crippen molar-refractivity contribution in [2.45, 2.75) is 20.8 Å². The van der Waals surface area contributed by atoms with Crippen LogP contribution in [0, 0.1) is 20.8 Å². The molecule has 10 rings (SSSR count). The van der Waals surface area contributed by atoms with E-state index in [0.29, 0.717) is 0 Å². The molecule has 0 fully saturated rings. The van der Waals surface area contributed by atoms with Gasteiger partial charge in [0.05, 0.1) is 0 Å². The van der Waals surface area contributed by atoms with Crippen LogP contribution >= 0.6 is 0 Å². The van der Waals surface area contributed by atoms with Crippen LogP contribution in [0.2, 0.25) is 0 Å². The molecule has 0 spiro atoms. The number of hydrogen-bond acceptors (Lipinski definition) is 3.